The number of carbonyl (C=O) groups excluding carboxylic acids is 1. The SMILES string of the molecule is COC(C[C@H]1NC(=O)[C@H]1N=[N+]=[N-])OC. The average Bonchev–Trinajstić information content (AvgIpc) is 2.20. The number of amides is 1. The van der Waals surface area contributed by atoms with E-state index >= 15 is 0 Å². The van der Waals surface area contributed by atoms with Crippen molar-refractivity contribution in [1.82, 2.24) is 5.32 Å². The van der Waals surface area contributed by atoms with Gasteiger partial charge in [0.2, 0.25) is 5.91 Å². The van der Waals surface area contributed by atoms with Crippen molar-refractivity contribution >= 4 is 5.91 Å². The Morgan fingerprint density at radius 1 is 1.64 bits per heavy atom. The van der Waals surface area contributed by atoms with E-state index in [9.17, 15) is 4.79 Å². The van der Waals surface area contributed by atoms with E-state index in [4.69, 9.17) is 15.0 Å². The molecule has 0 aliphatic carbocycles. The van der Waals surface area contributed by atoms with Crippen molar-refractivity contribution in [2.75, 3.05) is 14.2 Å². The number of ether oxygens (including phenoxy) is 2. The molecular formula is C7H12N4O3. The highest BCUT2D eigenvalue weighted by molar-refractivity contribution is 5.89. The van der Waals surface area contributed by atoms with E-state index in [2.05, 4.69) is 15.3 Å². The zero-order valence-electron chi connectivity index (χ0n) is 8.01. The van der Waals surface area contributed by atoms with Gasteiger partial charge < -0.3 is 14.8 Å². The van der Waals surface area contributed by atoms with Crippen LogP contribution in [0.2, 0.25) is 0 Å². The summed E-state index contributed by atoms with van der Waals surface area (Å²) < 4.78 is 9.92. The number of rotatable bonds is 5. The van der Waals surface area contributed by atoms with E-state index < -0.39 is 12.3 Å². The molecule has 0 bridgehead atoms. The Bertz CT molecular complexity index is 258. The summed E-state index contributed by atoms with van der Waals surface area (Å²) >= 11 is 0. The minimum Gasteiger partial charge on any atom is -0.356 e. The van der Waals surface area contributed by atoms with Crippen LogP contribution in [0.4, 0.5) is 0 Å². The van der Waals surface area contributed by atoms with Crippen molar-refractivity contribution in [3.63, 3.8) is 0 Å². The topological polar surface area (TPSA) is 96.3 Å². The first-order valence-electron chi connectivity index (χ1n) is 4.13. The van der Waals surface area contributed by atoms with Crippen molar-refractivity contribution in [3.8, 4) is 0 Å². The molecule has 0 saturated carbocycles. The third-order valence-corrected chi connectivity index (χ3v) is 2.13. The van der Waals surface area contributed by atoms with Crippen LogP contribution in [-0.4, -0.2) is 38.5 Å². The molecule has 1 rings (SSSR count). The summed E-state index contributed by atoms with van der Waals surface area (Å²) in [4.78, 5) is 13.5. The summed E-state index contributed by atoms with van der Waals surface area (Å²) in [5.74, 6) is -0.251. The van der Waals surface area contributed by atoms with Gasteiger partial charge in [-0.1, -0.05) is 5.11 Å². The van der Waals surface area contributed by atoms with E-state index in [1.807, 2.05) is 0 Å². The standard InChI is InChI=1S/C7H12N4O3/c1-13-5(14-2)3-4-6(10-11-8)7(12)9-4/h4-6H,3H2,1-2H3,(H,9,12)/t4-,6+/m1/s1. The summed E-state index contributed by atoms with van der Waals surface area (Å²) in [6, 6.07) is -0.823. The fraction of sp³-hybridized carbons (Fsp3) is 0.857. The molecule has 0 aromatic rings. The molecule has 0 spiro atoms. The first-order valence-corrected chi connectivity index (χ1v) is 4.13. The number of carbonyl (C=O) groups is 1. The monoisotopic (exact) mass is 200 g/mol. The molecule has 1 N–H and O–H groups in total. The van der Waals surface area contributed by atoms with Crippen LogP contribution in [-0.2, 0) is 14.3 Å². The molecule has 0 aromatic heterocycles. The van der Waals surface area contributed by atoms with Crippen LogP contribution in [0, 0.1) is 0 Å². The number of hydrogen-bond acceptors (Lipinski definition) is 4. The Hall–Kier alpha value is -1.30. The van der Waals surface area contributed by atoms with Gasteiger partial charge in [0.15, 0.2) is 6.29 Å². The zero-order chi connectivity index (χ0) is 10.6. The van der Waals surface area contributed by atoms with Crippen molar-refractivity contribution in [3.05, 3.63) is 10.4 Å². The summed E-state index contributed by atoms with van der Waals surface area (Å²) in [5, 5.41) is 5.98. The molecule has 78 valence electrons. The van der Waals surface area contributed by atoms with Crippen LogP contribution >= 0.6 is 0 Å². The van der Waals surface area contributed by atoms with Gasteiger partial charge in [-0.3, -0.25) is 4.79 Å². The molecule has 1 saturated heterocycles. The van der Waals surface area contributed by atoms with E-state index in [1.54, 1.807) is 0 Å². The minimum absolute atomic E-state index is 0.191. The lowest BCUT2D eigenvalue weighted by Crippen LogP contribution is -2.62. The van der Waals surface area contributed by atoms with Gasteiger partial charge in [-0.05, 0) is 5.53 Å². The molecule has 1 fully saturated rings. The minimum atomic E-state index is -0.632. The second kappa shape index (κ2) is 4.80. The second-order valence-electron chi connectivity index (χ2n) is 2.90. The Morgan fingerprint density at radius 3 is 2.71 bits per heavy atom. The molecule has 7 nitrogen and oxygen atoms in total. The van der Waals surface area contributed by atoms with Gasteiger partial charge in [-0.25, -0.2) is 0 Å². The Labute approximate surface area is 81.0 Å². The predicted molar refractivity (Wildman–Crippen MR) is 47.3 cm³/mol. The maximum absolute atomic E-state index is 10.9. The summed E-state index contributed by atoms with van der Waals surface area (Å²) in [6.07, 6.45) is 0.0830. The predicted octanol–water partition coefficient (Wildman–Crippen LogP) is 0.173. The van der Waals surface area contributed by atoms with Gasteiger partial charge in [0, 0.05) is 25.6 Å². The first kappa shape index (κ1) is 10.8. The molecule has 0 aromatic carbocycles. The van der Waals surface area contributed by atoms with Crippen molar-refractivity contribution in [1.29, 1.82) is 0 Å². The second-order valence-corrected chi connectivity index (χ2v) is 2.90. The zero-order valence-corrected chi connectivity index (χ0v) is 8.01. The molecule has 1 aliphatic rings. The highest BCUT2D eigenvalue weighted by Gasteiger charge is 2.39. The van der Waals surface area contributed by atoms with Gasteiger partial charge in [0.05, 0.1) is 6.04 Å². The molecule has 0 unspecified atom stereocenters. The third-order valence-electron chi connectivity index (χ3n) is 2.13. The largest absolute Gasteiger partial charge is 0.356 e. The molecule has 1 heterocycles. The number of nitrogens with zero attached hydrogens (tertiary/aromatic N) is 3. The van der Waals surface area contributed by atoms with Crippen LogP contribution in [0.3, 0.4) is 0 Å². The smallest absolute Gasteiger partial charge is 0.231 e. The third kappa shape index (κ3) is 2.14. The van der Waals surface area contributed by atoms with Crippen LogP contribution in [0.15, 0.2) is 5.11 Å². The molecule has 14 heavy (non-hydrogen) atoms. The molecule has 1 aliphatic heterocycles. The van der Waals surface area contributed by atoms with Crippen LogP contribution < -0.4 is 5.32 Å². The maximum Gasteiger partial charge on any atom is 0.231 e. The summed E-state index contributed by atoms with van der Waals surface area (Å²) in [7, 11) is 3.02. The van der Waals surface area contributed by atoms with Crippen molar-refractivity contribution in [2.24, 2.45) is 5.11 Å². The van der Waals surface area contributed by atoms with E-state index in [0.717, 1.165) is 0 Å². The Balaban J connectivity index is 2.46. The fourth-order valence-corrected chi connectivity index (χ4v) is 1.31. The number of azide groups is 1. The number of nitrogens with one attached hydrogen (secondary N) is 1. The van der Waals surface area contributed by atoms with E-state index in [1.165, 1.54) is 14.2 Å². The van der Waals surface area contributed by atoms with Gasteiger partial charge >= 0.3 is 0 Å². The molecule has 7 heteroatoms. The molecule has 0 radical (unpaired) electrons. The van der Waals surface area contributed by atoms with Crippen LogP contribution in [0.25, 0.3) is 10.4 Å². The van der Waals surface area contributed by atoms with Gasteiger partial charge in [-0.2, -0.15) is 0 Å². The highest BCUT2D eigenvalue weighted by atomic mass is 16.7. The molecule has 2 atom stereocenters. The number of β-lactam (4-membered cyclic amide) rings is 1. The van der Waals surface area contributed by atoms with Crippen molar-refractivity contribution < 1.29 is 14.3 Å². The summed E-state index contributed by atoms with van der Waals surface area (Å²) in [6.45, 7) is 0. The van der Waals surface area contributed by atoms with Crippen LogP contribution in [0.1, 0.15) is 6.42 Å². The van der Waals surface area contributed by atoms with Gasteiger partial charge in [0.1, 0.15) is 6.04 Å². The van der Waals surface area contributed by atoms with Gasteiger partial charge in [-0.15, -0.1) is 0 Å². The van der Waals surface area contributed by atoms with Crippen LogP contribution in [0.5, 0.6) is 0 Å². The fourth-order valence-electron chi connectivity index (χ4n) is 1.31. The molecular weight excluding hydrogens is 188 g/mol. The first-order chi connectivity index (χ1) is 6.72. The van der Waals surface area contributed by atoms with Crippen molar-refractivity contribution in [2.45, 2.75) is 24.8 Å². The Kier molecular flexibility index (Phi) is 3.70. The maximum atomic E-state index is 10.9. The Morgan fingerprint density at radius 2 is 2.29 bits per heavy atom. The van der Waals surface area contributed by atoms with E-state index in [-0.39, 0.29) is 11.9 Å². The lowest BCUT2D eigenvalue weighted by Gasteiger charge is -2.35. The average molecular weight is 200 g/mol. The number of methoxy groups -OCH3 is 2. The quantitative estimate of drug-likeness (QED) is 0.225. The molecule has 1 amide bonds. The lowest BCUT2D eigenvalue weighted by atomic mass is 9.96. The van der Waals surface area contributed by atoms with Gasteiger partial charge in [0.25, 0.3) is 0 Å². The normalized spacial score (nSPS) is 25.2. The summed E-state index contributed by atoms with van der Waals surface area (Å²) in [5.41, 5.74) is 8.20. The lowest BCUT2D eigenvalue weighted by molar-refractivity contribution is -0.138. The van der Waals surface area contributed by atoms with E-state index in [0.29, 0.717) is 6.42 Å². The highest BCUT2D eigenvalue weighted by Crippen LogP contribution is 2.17. The number of hydrogen-bond donors (Lipinski definition) is 1.